The van der Waals surface area contributed by atoms with Crippen molar-refractivity contribution in [3.8, 4) is 0 Å². The average molecular weight is 355 g/mol. The Morgan fingerprint density at radius 3 is 2.67 bits per heavy atom. The topological polar surface area (TPSA) is 46.2 Å². The molecular weight excluding hydrogens is 338 g/mol. The highest BCUT2D eigenvalue weighted by atomic mass is 79.9. The van der Waals surface area contributed by atoms with Gasteiger partial charge in [-0.3, -0.25) is 4.72 Å². The van der Waals surface area contributed by atoms with Gasteiger partial charge in [0.25, 0.3) is 0 Å². The van der Waals surface area contributed by atoms with Crippen LogP contribution in [0.2, 0.25) is 0 Å². The monoisotopic (exact) mass is 353 g/mol. The predicted octanol–water partition coefficient (Wildman–Crippen LogP) is 3.77. The number of rotatable bonds is 7. The van der Waals surface area contributed by atoms with Gasteiger partial charge in [-0.1, -0.05) is 22.9 Å². The molecule has 0 atom stereocenters. The van der Waals surface area contributed by atoms with Gasteiger partial charge >= 0.3 is 0 Å². The fourth-order valence-corrected chi connectivity index (χ4v) is 3.38. The number of hydrogen-bond acceptors (Lipinski definition) is 2. The highest BCUT2D eigenvalue weighted by Crippen LogP contribution is 2.22. The van der Waals surface area contributed by atoms with Gasteiger partial charge in [-0.25, -0.2) is 8.42 Å². The Kier molecular flexibility index (Phi) is 6.46. The van der Waals surface area contributed by atoms with Crippen molar-refractivity contribution in [3.63, 3.8) is 0 Å². The van der Waals surface area contributed by atoms with E-state index in [-0.39, 0.29) is 5.75 Å². The van der Waals surface area contributed by atoms with Gasteiger partial charge in [0.05, 0.1) is 11.4 Å². The number of nitrogens with one attached hydrogen (secondary N) is 1. The minimum absolute atomic E-state index is 0.110. The molecule has 0 saturated heterocycles. The zero-order valence-electron chi connectivity index (χ0n) is 10.2. The molecule has 0 heterocycles. The van der Waals surface area contributed by atoms with Gasteiger partial charge in [-0.2, -0.15) is 0 Å². The molecule has 0 aliphatic rings. The van der Waals surface area contributed by atoms with Crippen LogP contribution in [-0.2, 0) is 16.4 Å². The van der Waals surface area contributed by atoms with Crippen molar-refractivity contribution in [2.45, 2.75) is 26.2 Å². The second-order valence-electron chi connectivity index (χ2n) is 3.97. The van der Waals surface area contributed by atoms with Gasteiger partial charge in [0, 0.05) is 10.4 Å². The highest BCUT2D eigenvalue weighted by Gasteiger charge is 2.12. The number of sulfonamides is 1. The third-order valence-electron chi connectivity index (χ3n) is 2.51. The minimum atomic E-state index is -3.28. The molecule has 0 aliphatic heterocycles. The van der Waals surface area contributed by atoms with Gasteiger partial charge in [0.1, 0.15) is 0 Å². The van der Waals surface area contributed by atoms with Gasteiger partial charge in [-0.05, 0) is 43.0 Å². The van der Waals surface area contributed by atoms with Crippen molar-refractivity contribution >= 4 is 43.2 Å². The SMILES string of the molecule is CCc1cc(Br)ccc1NS(=O)(=O)CCCCCl. The Bertz CT molecular complexity index is 491. The van der Waals surface area contributed by atoms with E-state index >= 15 is 0 Å². The molecule has 0 spiro atoms. The van der Waals surface area contributed by atoms with Crippen molar-refractivity contribution in [1.29, 1.82) is 0 Å². The summed E-state index contributed by atoms with van der Waals surface area (Å²) >= 11 is 8.91. The molecule has 0 bridgehead atoms. The van der Waals surface area contributed by atoms with Crippen molar-refractivity contribution in [2.75, 3.05) is 16.4 Å². The van der Waals surface area contributed by atoms with E-state index in [1.807, 2.05) is 19.1 Å². The van der Waals surface area contributed by atoms with Crippen LogP contribution < -0.4 is 4.72 Å². The van der Waals surface area contributed by atoms with Crippen LogP contribution in [0.3, 0.4) is 0 Å². The standard InChI is InChI=1S/C12H17BrClNO2S/c1-2-10-9-11(13)5-6-12(10)15-18(16,17)8-4-3-7-14/h5-6,9,15H,2-4,7-8H2,1H3. The number of anilines is 1. The molecule has 18 heavy (non-hydrogen) atoms. The number of unbranched alkanes of at least 4 members (excludes halogenated alkanes) is 1. The molecule has 0 saturated carbocycles. The first kappa shape index (κ1) is 15.8. The highest BCUT2D eigenvalue weighted by molar-refractivity contribution is 9.10. The maximum atomic E-state index is 11.9. The summed E-state index contributed by atoms with van der Waals surface area (Å²) in [5.41, 5.74) is 1.64. The summed E-state index contributed by atoms with van der Waals surface area (Å²) in [5.74, 6) is 0.604. The van der Waals surface area contributed by atoms with Crippen molar-refractivity contribution in [1.82, 2.24) is 0 Å². The smallest absolute Gasteiger partial charge is 0.232 e. The van der Waals surface area contributed by atoms with E-state index in [0.29, 0.717) is 24.4 Å². The molecule has 0 aromatic heterocycles. The number of benzene rings is 1. The Morgan fingerprint density at radius 2 is 2.06 bits per heavy atom. The second-order valence-corrected chi connectivity index (χ2v) is 7.11. The zero-order chi connectivity index (χ0) is 13.6. The molecule has 0 aliphatic carbocycles. The summed E-state index contributed by atoms with van der Waals surface area (Å²) < 4.78 is 27.3. The minimum Gasteiger partial charge on any atom is -0.283 e. The van der Waals surface area contributed by atoms with Crippen LogP contribution in [0.1, 0.15) is 25.3 Å². The Hall–Kier alpha value is -0.260. The molecule has 6 heteroatoms. The van der Waals surface area contributed by atoms with Gasteiger partial charge in [0.15, 0.2) is 0 Å². The Labute approximate surface area is 122 Å². The first-order valence-corrected chi connectivity index (χ1v) is 8.81. The first-order chi connectivity index (χ1) is 8.48. The quantitative estimate of drug-likeness (QED) is 0.598. The lowest BCUT2D eigenvalue weighted by atomic mass is 10.1. The lowest BCUT2D eigenvalue weighted by Gasteiger charge is -2.12. The molecule has 102 valence electrons. The lowest BCUT2D eigenvalue weighted by molar-refractivity contribution is 0.598. The van der Waals surface area contributed by atoms with Crippen molar-refractivity contribution < 1.29 is 8.42 Å². The lowest BCUT2D eigenvalue weighted by Crippen LogP contribution is -2.17. The molecule has 0 amide bonds. The maximum absolute atomic E-state index is 11.9. The van der Waals surface area contributed by atoms with Crippen LogP contribution in [-0.4, -0.2) is 20.1 Å². The largest absolute Gasteiger partial charge is 0.283 e. The summed E-state index contributed by atoms with van der Waals surface area (Å²) in [5, 5.41) is 0. The van der Waals surface area contributed by atoms with E-state index < -0.39 is 10.0 Å². The Morgan fingerprint density at radius 1 is 1.33 bits per heavy atom. The molecule has 0 unspecified atom stereocenters. The third-order valence-corrected chi connectivity index (χ3v) is 4.63. The molecule has 1 rings (SSSR count). The predicted molar refractivity (Wildman–Crippen MR) is 80.9 cm³/mol. The second kappa shape index (κ2) is 7.36. The number of halogens is 2. The van der Waals surface area contributed by atoms with E-state index in [4.69, 9.17) is 11.6 Å². The van der Waals surface area contributed by atoms with Crippen LogP contribution >= 0.6 is 27.5 Å². The van der Waals surface area contributed by atoms with Crippen LogP contribution in [0.4, 0.5) is 5.69 Å². The number of aryl methyl sites for hydroxylation is 1. The van der Waals surface area contributed by atoms with Crippen LogP contribution in [0.25, 0.3) is 0 Å². The molecule has 1 aromatic rings. The first-order valence-electron chi connectivity index (χ1n) is 5.83. The summed E-state index contributed by atoms with van der Waals surface area (Å²) in [6.07, 6.45) is 2.07. The summed E-state index contributed by atoms with van der Waals surface area (Å²) in [6, 6.07) is 5.54. The third kappa shape index (κ3) is 5.16. The molecule has 1 aromatic carbocycles. The number of alkyl halides is 1. The van der Waals surface area contributed by atoms with E-state index in [2.05, 4.69) is 20.7 Å². The number of hydrogen-bond donors (Lipinski definition) is 1. The summed E-state index contributed by atoms with van der Waals surface area (Å²) in [6.45, 7) is 1.99. The fourth-order valence-electron chi connectivity index (χ4n) is 1.56. The molecular formula is C12H17BrClNO2S. The van der Waals surface area contributed by atoms with Crippen LogP contribution in [0.5, 0.6) is 0 Å². The average Bonchev–Trinajstić information content (AvgIpc) is 2.31. The molecule has 3 nitrogen and oxygen atoms in total. The van der Waals surface area contributed by atoms with Crippen LogP contribution in [0, 0.1) is 0 Å². The van der Waals surface area contributed by atoms with E-state index in [9.17, 15) is 8.42 Å². The molecule has 1 N–H and O–H groups in total. The van der Waals surface area contributed by atoms with Gasteiger partial charge < -0.3 is 0 Å². The van der Waals surface area contributed by atoms with Gasteiger partial charge in [-0.15, -0.1) is 11.6 Å². The summed E-state index contributed by atoms with van der Waals surface area (Å²) in [4.78, 5) is 0. The fraction of sp³-hybridized carbons (Fsp3) is 0.500. The van der Waals surface area contributed by atoms with Crippen molar-refractivity contribution in [2.24, 2.45) is 0 Å². The van der Waals surface area contributed by atoms with E-state index in [0.717, 1.165) is 16.5 Å². The van der Waals surface area contributed by atoms with Crippen molar-refractivity contribution in [3.05, 3.63) is 28.2 Å². The molecule has 0 fully saturated rings. The maximum Gasteiger partial charge on any atom is 0.232 e. The van der Waals surface area contributed by atoms with E-state index in [1.54, 1.807) is 6.07 Å². The normalized spacial score (nSPS) is 11.5. The molecule has 0 radical (unpaired) electrons. The van der Waals surface area contributed by atoms with Crippen LogP contribution in [0.15, 0.2) is 22.7 Å². The summed E-state index contributed by atoms with van der Waals surface area (Å²) in [7, 11) is -3.28. The van der Waals surface area contributed by atoms with Gasteiger partial charge in [0.2, 0.25) is 10.0 Å². The Balaban J connectivity index is 2.77. The van der Waals surface area contributed by atoms with E-state index in [1.165, 1.54) is 0 Å². The zero-order valence-corrected chi connectivity index (χ0v) is 13.4.